The minimum absolute atomic E-state index is 0. The van der Waals surface area contributed by atoms with Crippen molar-refractivity contribution in [2.75, 3.05) is 19.6 Å². The number of amides is 1. The van der Waals surface area contributed by atoms with Crippen molar-refractivity contribution in [1.82, 2.24) is 15.2 Å². The van der Waals surface area contributed by atoms with Gasteiger partial charge in [-0.05, 0) is 56.7 Å². The van der Waals surface area contributed by atoms with E-state index in [-0.39, 0.29) is 30.7 Å². The molecule has 0 bridgehead atoms. The minimum Gasteiger partial charge on any atom is -0.339 e. The van der Waals surface area contributed by atoms with Crippen LogP contribution in [0.4, 0.5) is 0 Å². The predicted molar refractivity (Wildman–Crippen MR) is 93.1 cm³/mol. The van der Waals surface area contributed by atoms with Gasteiger partial charge in [0.05, 0.1) is 5.56 Å². The molecule has 124 valence electrons. The van der Waals surface area contributed by atoms with Crippen LogP contribution >= 0.6 is 24.8 Å². The van der Waals surface area contributed by atoms with E-state index in [1.165, 1.54) is 19.4 Å². The van der Waals surface area contributed by atoms with Crippen molar-refractivity contribution in [3.63, 3.8) is 0 Å². The van der Waals surface area contributed by atoms with Gasteiger partial charge in [-0.2, -0.15) is 0 Å². The summed E-state index contributed by atoms with van der Waals surface area (Å²) in [4.78, 5) is 18.6. The molecule has 3 rings (SSSR count). The van der Waals surface area contributed by atoms with Gasteiger partial charge in [0.25, 0.3) is 5.91 Å². The highest BCUT2D eigenvalue weighted by Gasteiger charge is 2.30. The number of carbonyl (C=O) groups excluding carboxylic acids is 1. The molecule has 1 amide bonds. The first-order valence-corrected chi connectivity index (χ1v) is 7.68. The first-order valence-electron chi connectivity index (χ1n) is 7.68. The van der Waals surface area contributed by atoms with Gasteiger partial charge in [0.2, 0.25) is 0 Å². The summed E-state index contributed by atoms with van der Waals surface area (Å²) in [5.74, 6) is 0.885. The lowest BCUT2D eigenvalue weighted by Crippen LogP contribution is -2.43. The van der Waals surface area contributed by atoms with Gasteiger partial charge in [-0.3, -0.25) is 9.78 Å². The average Bonchev–Trinajstić information content (AvgIpc) is 3.01. The molecule has 1 aromatic heterocycles. The van der Waals surface area contributed by atoms with Crippen molar-refractivity contribution in [2.45, 2.75) is 38.6 Å². The largest absolute Gasteiger partial charge is 0.339 e. The van der Waals surface area contributed by atoms with E-state index in [1.54, 1.807) is 12.4 Å². The molecule has 0 aliphatic carbocycles. The van der Waals surface area contributed by atoms with Gasteiger partial charge in [0, 0.05) is 31.5 Å². The van der Waals surface area contributed by atoms with E-state index in [9.17, 15) is 4.79 Å². The van der Waals surface area contributed by atoms with Crippen LogP contribution in [0.1, 0.15) is 41.6 Å². The van der Waals surface area contributed by atoms with E-state index in [1.807, 2.05) is 17.9 Å². The fourth-order valence-electron chi connectivity index (χ4n) is 3.47. The molecule has 4 nitrogen and oxygen atoms in total. The van der Waals surface area contributed by atoms with Gasteiger partial charge in [0.15, 0.2) is 0 Å². The fraction of sp³-hybridized carbons (Fsp3) is 0.625. The topological polar surface area (TPSA) is 45.2 Å². The summed E-state index contributed by atoms with van der Waals surface area (Å²) in [5.41, 5.74) is 1.77. The molecule has 22 heavy (non-hydrogen) atoms. The zero-order chi connectivity index (χ0) is 13.9. The highest BCUT2D eigenvalue weighted by Crippen LogP contribution is 2.26. The number of hydrogen-bond acceptors (Lipinski definition) is 3. The second kappa shape index (κ2) is 8.70. The number of piperidine rings is 1. The van der Waals surface area contributed by atoms with Gasteiger partial charge < -0.3 is 10.2 Å². The van der Waals surface area contributed by atoms with Crippen LogP contribution in [0.15, 0.2) is 18.5 Å². The summed E-state index contributed by atoms with van der Waals surface area (Å²) < 4.78 is 0. The number of aromatic nitrogens is 1. The van der Waals surface area contributed by atoms with Crippen LogP contribution in [0.3, 0.4) is 0 Å². The molecule has 0 saturated carbocycles. The van der Waals surface area contributed by atoms with E-state index in [0.717, 1.165) is 43.0 Å². The molecule has 1 N–H and O–H groups in total. The van der Waals surface area contributed by atoms with Gasteiger partial charge in [0.1, 0.15) is 0 Å². The Morgan fingerprint density at radius 1 is 1.23 bits per heavy atom. The lowest BCUT2D eigenvalue weighted by atomic mass is 9.88. The van der Waals surface area contributed by atoms with Gasteiger partial charge in [-0.25, -0.2) is 0 Å². The second-order valence-corrected chi connectivity index (χ2v) is 6.08. The Kier molecular flexibility index (Phi) is 7.60. The maximum absolute atomic E-state index is 12.5. The third-order valence-electron chi connectivity index (χ3n) is 4.62. The molecule has 3 heterocycles. The normalized spacial score (nSPS) is 21.9. The van der Waals surface area contributed by atoms with Crippen molar-refractivity contribution in [3.05, 3.63) is 29.6 Å². The molecular weight excluding hydrogens is 321 g/mol. The number of pyridine rings is 1. The first kappa shape index (κ1) is 19.2. The molecule has 6 heteroatoms. The van der Waals surface area contributed by atoms with E-state index in [2.05, 4.69) is 10.3 Å². The van der Waals surface area contributed by atoms with Gasteiger partial charge in [-0.15, -0.1) is 24.8 Å². The summed E-state index contributed by atoms with van der Waals surface area (Å²) in [6.45, 7) is 4.91. The maximum Gasteiger partial charge on any atom is 0.255 e. The smallest absolute Gasteiger partial charge is 0.255 e. The monoisotopic (exact) mass is 345 g/mol. The van der Waals surface area contributed by atoms with Crippen LogP contribution in [0.5, 0.6) is 0 Å². The molecule has 2 aliphatic rings. The third-order valence-corrected chi connectivity index (χ3v) is 4.62. The van der Waals surface area contributed by atoms with Gasteiger partial charge in [-0.1, -0.05) is 0 Å². The summed E-state index contributed by atoms with van der Waals surface area (Å²) >= 11 is 0. The minimum atomic E-state index is 0. The Balaban J connectivity index is 0.00000121. The summed E-state index contributed by atoms with van der Waals surface area (Å²) in [7, 11) is 0. The van der Waals surface area contributed by atoms with E-state index < -0.39 is 0 Å². The van der Waals surface area contributed by atoms with E-state index >= 15 is 0 Å². The number of hydrogen-bond donors (Lipinski definition) is 1. The van der Waals surface area contributed by atoms with Crippen LogP contribution in [0.2, 0.25) is 0 Å². The Labute approximate surface area is 144 Å². The standard InChI is InChI=1S/C16H23N3O.2ClH/c1-12-9-14(11-17-10-12)16(20)19-7-4-13(5-8-19)15-3-2-6-18-15;;/h9-11,13,15,18H,2-8H2,1H3;2*1H. The number of nitrogens with one attached hydrogen (secondary N) is 1. The Morgan fingerprint density at radius 3 is 2.55 bits per heavy atom. The number of carbonyl (C=O) groups is 1. The molecule has 2 fully saturated rings. The SMILES string of the molecule is Cc1cncc(C(=O)N2CCC(C3CCCN3)CC2)c1.Cl.Cl. The number of halogens is 2. The third kappa shape index (κ3) is 4.34. The quantitative estimate of drug-likeness (QED) is 0.896. The summed E-state index contributed by atoms with van der Waals surface area (Å²) in [6, 6.07) is 2.62. The molecule has 2 aliphatic heterocycles. The van der Waals surface area contributed by atoms with Crippen molar-refractivity contribution in [2.24, 2.45) is 5.92 Å². The van der Waals surface area contributed by atoms with Crippen LogP contribution in [0, 0.1) is 12.8 Å². The molecular formula is C16H25Cl2N3O. The number of likely N-dealkylation sites (tertiary alicyclic amines) is 1. The molecule has 1 aromatic rings. The molecule has 0 spiro atoms. The zero-order valence-corrected chi connectivity index (χ0v) is 14.6. The number of rotatable bonds is 2. The lowest BCUT2D eigenvalue weighted by Gasteiger charge is -2.35. The zero-order valence-electron chi connectivity index (χ0n) is 13.0. The number of nitrogens with zero attached hydrogens (tertiary/aromatic N) is 2. The summed E-state index contributed by atoms with van der Waals surface area (Å²) in [6.07, 6.45) is 8.33. The van der Waals surface area contributed by atoms with Crippen molar-refractivity contribution in [1.29, 1.82) is 0 Å². The molecule has 0 radical (unpaired) electrons. The fourth-order valence-corrected chi connectivity index (χ4v) is 3.47. The summed E-state index contributed by atoms with van der Waals surface area (Å²) in [5, 5.41) is 3.60. The lowest BCUT2D eigenvalue weighted by molar-refractivity contribution is 0.0674. The Hall–Kier alpha value is -0.840. The van der Waals surface area contributed by atoms with Crippen molar-refractivity contribution in [3.8, 4) is 0 Å². The Bertz CT molecular complexity index is 484. The van der Waals surface area contributed by atoms with E-state index in [0.29, 0.717) is 6.04 Å². The van der Waals surface area contributed by atoms with Crippen molar-refractivity contribution < 1.29 is 4.79 Å². The highest BCUT2D eigenvalue weighted by molar-refractivity contribution is 5.94. The highest BCUT2D eigenvalue weighted by atomic mass is 35.5. The van der Waals surface area contributed by atoms with Crippen molar-refractivity contribution >= 4 is 30.7 Å². The second-order valence-electron chi connectivity index (χ2n) is 6.08. The molecule has 2 saturated heterocycles. The average molecular weight is 346 g/mol. The van der Waals surface area contributed by atoms with Crippen LogP contribution in [-0.4, -0.2) is 41.5 Å². The predicted octanol–water partition coefficient (Wildman–Crippen LogP) is 2.84. The maximum atomic E-state index is 12.5. The molecule has 1 unspecified atom stereocenters. The first-order chi connectivity index (χ1) is 9.74. The molecule has 1 atom stereocenters. The van der Waals surface area contributed by atoms with Crippen LogP contribution in [0.25, 0.3) is 0 Å². The van der Waals surface area contributed by atoms with E-state index in [4.69, 9.17) is 0 Å². The van der Waals surface area contributed by atoms with Crippen LogP contribution in [-0.2, 0) is 0 Å². The number of aryl methyl sites for hydroxylation is 1. The Morgan fingerprint density at radius 2 is 1.95 bits per heavy atom. The van der Waals surface area contributed by atoms with Gasteiger partial charge >= 0.3 is 0 Å². The van der Waals surface area contributed by atoms with Crippen LogP contribution < -0.4 is 5.32 Å². The molecule has 0 aromatic carbocycles.